The minimum atomic E-state index is -3.01. The lowest BCUT2D eigenvalue weighted by Crippen LogP contribution is -2.49. The molecule has 3 fully saturated rings. The predicted octanol–water partition coefficient (Wildman–Crippen LogP) is 4.91. The highest BCUT2D eigenvalue weighted by Crippen LogP contribution is 2.55. The van der Waals surface area contributed by atoms with E-state index in [1.807, 2.05) is 6.92 Å². The molecular weight excluding hydrogens is 496 g/mol. The lowest BCUT2D eigenvalue weighted by molar-refractivity contribution is -0.126. The van der Waals surface area contributed by atoms with Crippen molar-refractivity contribution in [3.8, 4) is 0 Å². The van der Waals surface area contributed by atoms with Crippen LogP contribution in [0.3, 0.4) is 0 Å². The molecule has 1 aliphatic heterocycles. The van der Waals surface area contributed by atoms with Gasteiger partial charge < -0.3 is 10.2 Å². The smallest absolute Gasteiger partial charge is 0.254 e. The molecule has 186 valence electrons. The summed E-state index contributed by atoms with van der Waals surface area (Å²) in [6.45, 7) is 1.91. The molecule has 1 heterocycles. The lowest BCUT2D eigenvalue weighted by Gasteiger charge is -2.31. The molecule has 0 aromatic heterocycles. The van der Waals surface area contributed by atoms with Crippen molar-refractivity contribution >= 4 is 33.1 Å². The van der Waals surface area contributed by atoms with E-state index in [1.165, 1.54) is 12.3 Å². The van der Waals surface area contributed by atoms with Crippen LogP contribution in [0.5, 0.6) is 0 Å². The number of rotatable bonds is 6. The van der Waals surface area contributed by atoms with E-state index in [9.17, 15) is 22.6 Å². The molecule has 5 atom stereocenters. The van der Waals surface area contributed by atoms with Crippen LogP contribution in [0, 0.1) is 27.7 Å². The minimum absolute atomic E-state index is 0.0436. The van der Waals surface area contributed by atoms with Crippen molar-refractivity contribution < 1.29 is 22.6 Å². The molecule has 2 aromatic carbocycles. The zero-order valence-electron chi connectivity index (χ0n) is 19.3. The second-order valence-corrected chi connectivity index (χ2v) is 12.8. The van der Waals surface area contributed by atoms with Gasteiger partial charge in [0.2, 0.25) is 5.91 Å². The number of carbonyl (C=O) groups excluding carboxylic acids is 2. The first-order valence-electron chi connectivity index (χ1n) is 11.5. The molecule has 35 heavy (non-hydrogen) atoms. The Kier molecular flexibility index (Phi) is 5.71. The molecule has 2 saturated carbocycles. The Morgan fingerprint density at radius 2 is 1.91 bits per heavy atom. The van der Waals surface area contributed by atoms with E-state index < -0.39 is 44.8 Å². The number of hydrogen-bond acceptors (Lipinski definition) is 4. The highest BCUT2D eigenvalue weighted by Gasteiger charge is 2.57. The summed E-state index contributed by atoms with van der Waals surface area (Å²) in [7, 11) is -3.01. The van der Waals surface area contributed by atoms with Gasteiger partial charge in [-0.15, -0.1) is 0 Å². The van der Waals surface area contributed by atoms with Crippen molar-refractivity contribution in [2.75, 3.05) is 6.26 Å². The first kappa shape index (κ1) is 24.2. The first-order chi connectivity index (χ1) is 16.4. The Morgan fingerprint density at radius 1 is 1.20 bits per heavy atom. The van der Waals surface area contributed by atoms with Crippen LogP contribution in [0.25, 0.3) is 0 Å². The van der Waals surface area contributed by atoms with Crippen LogP contribution in [-0.2, 0) is 14.5 Å². The zero-order valence-corrected chi connectivity index (χ0v) is 20.9. The van der Waals surface area contributed by atoms with Crippen LogP contribution < -0.4 is 5.32 Å². The SMILES string of the molecule is CC1([C@@H](NC(=O)[C@H]2C[C@H]3CC3N2C(=O)c2cccc(S(C)(=N)=O)c2)c2cc(F)c(Cl)cc2F)CC1. The quantitative estimate of drug-likeness (QED) is 0.529. The third-order valence-corrected chi connectivity index (χ3v) is 8.99. The summed E-state index contributed by atoms with van der Waals surface area (Å²) in [5.41, 5.74) is -0.106. The van der Waals surface area contributed by atoms with Gasteiger partial charge in [-0.1, -0.05) is 24.6 Å². The molecule has 10 heteroatoms. The number of halogens is 3. The lowest BCUT2D eigenvalue weighted by atomic mass is 9.90. The van der Waals surface area contributed by atoms with Gasteiger partial charge in [0.25, 0.3) is 5.91 Å². The van der Waals surface area contributed by atoms with E-state index in [1.54, 1.807) is 23.1 Å². The average molecular weight is 522 g/mol. The van der Waals surface area contributed by atoms with E-state index in [2.05, 4.69) is 5.32 Å². The molecule has 2 aliphatic carbocycles. The van der Waals surface area contributed by atoms with Crippen molar-refractivity contribution in [1.82, 2.24) is 10.2 Å². The van der Waals surface area contributed by atoms with Crippen molar-refractivity contribution in [1.29, 1.82) is 4.78 Å². The maximum atomic E-state index is 14.8. The third-order valence-electron chi connectivity index (χ3n) is 7.55. The molecule has 1 saturated heterocycles. The summed E-state index contributed by atoms with van der Waals surface area (Å²) in [6.07, 6.45) is 4.08. The van der Waals surface area contributed by atoms with Gasteiger partial charge in [0.1, 0.15) is 17.7 Å². The van der Waals surface area contributed by atoms with Gasteiger partial charge in [-0.25, -0.2) is 17.8 Å². The average Bonchev–Trinajstić information content (AvgIpc) is 3.71. The number of nitrogens with zero attached hydrogens (tertiary/aromatic N) is 1. The Bertz CT molecular complexity index is 1350. The molecule has 2 aromatic rings. The highest BCUT2D eigenvalue weighted by atomic mass is 35.5. The standard InChI is InChI=1S/C25H26ClF2N3O3S/c1-25(6-7-25)22(16-11-19(28)17(26)12-18(16)27)30-23(32)21-10-14-9-20(14)31(21)24(33)13-4-3-5-15(8-13)35(2,29)34/h3-5,8,11-12,14,20-22,29H,6-7,9-10H2,1-2H3,(H,30,32)/t14-,20?,21-,22+,35?/m1/s1. The van der Waals surface area contributed by atoms with Gasteiger partial charge in [-0.05, 0) is 67.3 Å². The van der Waals surface area contributed by atoms with E-state index in [0.717, 1.165) is 31.4 Å². The topological polar surface area (TPSA) is 90.3 Å². The van der Waals surface area contributed by atoms with Crippen LogP contribution >= 0.6 is 11.6 Å². The van der Waals surface area contributed by atoms with Crippen molar-refractivity contribution in [2.45, 2.75) is 55.6 Å². The second-order valence-electron chi connectivity index (χ2n) is 10.3. The minimum Gasteiger partial charge on any atom is -0.347 e. The molecular formula is C25H26ClF2N3O3S. The van der Waals surface area contributed by atoms with Crippen LogP contribution in [0.4, 0.5) is 8.78 Å². The molecule has 6 nitrogen and oxygen atoms in total. The maximum Gasteiger partial charge on any atom is 0.254 e. The summed E-state index contributed by atoms with van der Waals surface area (Å²) >= 11 is 5.73. The van der Waals surface area contributed by atoms with Gasteiger partial charge in [-0.2, -0.15) is 0 Å². The van der Waals surface area contributed by atoms with Gasteiger partial charge in [0, 0.05) is 28.3 Å². The van der Waals surface area contributed by atoms with Gasteiger partial charge in [0.05, 0.1) is 20.8 Å². The summed E-state index contributed by atoms with van der Waals surface area (Å²) in [4.78, 5) is 28.7. The second kappa shape index (κ2) is 8.27. The fourth-order valence-corrected chi connectivity index (χ4v) is 5.95. The predicted molar refractivity (Wildman–Crippen MR) is 128 cm³/mol. The number of nitrogens with one attached hydrogen (secondary N) is 2. The summed E-state index contributed by atoms with van der Waals surface area (Å²) in [6, 6.07) is 6.54. The number of likely N-dealkylation sites (tertiary alicyclic amines) is 1. The van der Waals surface area contributed by atoms with E-state index >= 15 is 0 Å². The fourth-order valence-electron chi connectivity index (χ4n) is 5.11. The molecule has 2 unspecified atom stereocenters. The van der Waals surface area contributed by atoms with Crippen LogP contribution in [-0.4, -0.2) is 39.3 Å². The summed E-state index contributed by atoms with van der Waals surface area (Å²) in [5, 5.41) is 2.60. The number of piperidine rings is 1. The van der Waals surface area contributed by atoms with Gasteiger partial charge >= 0.3 is 0 Å². The van der Waals surface area contributed by atoms with E-state index in [0.29, 0.717) is 6.42 Å². The van der Waals surface area contributed by atoms with Crippen LogP contribution in [0.1, 0.15) is 54.6 Å². The Morgan fingerprint density at radius 3 is 2.57 bits per heavy atom. The van der Waals surface area contributed by atoms with E-state index in [4.69, 9.17) is 16.4 Å². The van der Waals surface area contributed by atoms with Gasteiger partial charge in [-0.3, -0.25) is 9.59 Å². The maximum absolute atomic E-state index is 14.8. The molecule has 2 amide bonds. The zero-order chi connectivity index (χ0) is 25.3. The Hall–Kier alpha value is -2.52. The van der Waals surface area contributed by atoms with Crippen LogP contribution in [0.15, 0.2) is 41.3 Å². The van der Waals surface area contributed by atoms with E-state index in [-0.39, 0.29) is 38.9 Å². The van der Waals surface area contributed by atoms with Crippen molar-refractivity contribution in [2.24, 2.45) is 11.3 Å². The first-order valence-corrected chi connectivity index (χ1v) is 13.8. The molecule has 0 spiro atoms. The van der Waals surface area contributed by atoms with Crippen LogP contribution in [0.2, 0.25) is 5.02 Å². The number of fused-ring (bicyclic) bond motifs is 1. The number of amides is 2. The number of benzene rings is 2. The molecule has 0 bridgehead atoms. The Labute approximate surface area is 208 Å². The summed E-state index contributed by atoms with van der Waals surface area (Å²) < 4.78 is 49.0. The monoisotopic (exact) mass is 521 g/mol. The highest BCUT2D eigenvalue weighted by molar-refractivity contribution is 7.91. The van der Waals surface area contributed by atoms with Crippen molar-refractivity contribution in [3.63, 3.8) is 0 Å². The largest absolute Gasteiger partial charge is 0.347 e. The summed E-state index contributed by atoms with van der Waals surface area (Å²) in [5.74, 6) is -2.00. The molecule has 3 aliphatic rings. The number of carbonyl (C=O) groups is 2. The molecule has 5 rings (SSSR count). The normalized spacial score (nSPS) is 26.4. The van der Waals surface area contributed by atoms with Gasteiger partial charge in [0.15, 0.2) is 0 Å². The molecule has 2 N–H and O–H groups in total. The third kappa shape index (κ3) is 4.44. The number of hydrogen-bond donors (Lipinski definition) is 2. The molecule has 0 radical (unpaired) electrons. The fraction of sp³-hybridized carbons (Fsp3) is 0.440. The Balaban J connectivity index is 1.42. The van der Waals surface area contributed by atoms with Crippen molar-refractivity contribution in [3.05, 3.63) is 64.2 Å².